The highest BCUT2D eigenvalue weighted by Crippen LogP contribution is 2.40. The van der Waals surface area contributed by atoms with E-state index in [1.165, 1.54) is 80.1 Å². The van der Waals surface area contributed by atoms with E-state index in [0.29, 0.717) is 38.5 Å². The average Bonchev–Trinajstić information content (AvgIpc) is 1.58. The van der Waals surface area contributed by atoms with Gasteiger partial charge in [0, 0.05) is 29.4 Å². The summed E-state index contributed by atoms with van der Waals surface area (Å²) < 4.78 is 23.7. The maximum atomic E-state index is 12.3. The minimum absolute atomic E-state index is 0.0426. The van der Waals surface area contributed by atoms with Gasteiger partial charge in [-0.3, -0.25) is 38.4 Å². The summed E-state index contributed by atoms with van der Waals surface area (Å²) in [5, 5.41) is 9.39. The Morgan fingerprint density at radius 3 is 1.17 bits per heavy atom. The third-order valence-electron chi connectivity index (χ3n) is 18.6. The van der Waals surface area contributed by atoms with Crippen LogP contribution in [0.2, 0.25) is 0 Å². The van der Waals surface area contributed by atoms with Crippen LogP contribution in [0, 0.1) is 102 Å². The van der Waals surface area contributed by atoms with Crippen molar-refractivity contribution in [2.75, 3.05) is 41.3 Å². The van der Waals surface area contributed by atoms with Crippen LogP contribution in [0.1, 0.15) is 191 Å². The number of hydrogen-bond donors (Lipinski definition) is 2. The van der Waals surface area contributed by atoms with Crippen molar-refractivity contribution in [2.45, 2.75) is 186 Å². The highest BCUT2D eigenvalue weighted by molar-refractivity contribution is 9.08. The van der Waals surface area contributed by atoms with Crippen LogP contribution in [0.4, 0.5) is 5.69 Å². The number of alkyl halides is 1. The van der Waals surface area contributed by atoms with E-state index in [0.717, 1.165) is 107 Å². The highest BCUT2D eigenvalue weighted by atomic mass is 79.9. The van der Waals surface area contributed by atoms with Gasteiger partial charge in [0.05, 0.1) is 66.1 Å². The molecule has 1 aliphatic carbocycles. The summed E-state index contributed by atoms with van der Waals surface area (Å²) in [7, 11) is 6.94. The number of hydrogen-bond acceptors (Lipinski definition) is 15. The molecule has 8 aromatic rings. The number of carboxylic acids is 1. The molecule has 1 aliphatic rings. The standard InChI is InChI=1S/C19H24O5.C12H15BrO2.C12H16O2.C11H14O2.C10H12O2.C10H12O.C9H10O.C8H11N/c1-12-10-14(7-8-15(12)13(2)17(21)23-3)11-19(18(22)24-4)9-5-6-16(19)20;1-8-6-10(7-13)4-5-11(8)9(2)12(14)15-3;1-8-5-6-11(9(2)7-8)10(3)12(13)14-4;1-8-4-5-10(9(2)6-8)7-11(12)13-3;1-7-3-4-9(6-10(11)12)8(2)5-7;1-8-3-4-10(5-6-11)9(2)7-8;1-7-3-4-9(6-10)8(2)5-7;1-6-3-4-8(9)7(2)5-6/h7-8,10,13H,5-6,9,11H2,1-4H3;4-6,9H,7H2,1-3H3;5-7,10H,1-4H3;4-6H,7H2,1-3H3;3-5H,6H2,1-2H3,(H,11,12);3-4,6-7H,5H2,1-2H3;3-6H,1-2H3;3-5H,9H2,1-2H3. The van der Waals surface area contributed by atoms with Crippen LogP contribution >= 0.6 is 15.9 Å². The largest absolute Gasteiger partial charge is 0.481 e. The van der Waals surface area contributed by atoms with Gasteiger partial charge in [-0.05, 0) is 232 Å². The van der Waals surface area contributed by atoms with E-state index in [1.807, 2.05) is 212 Å². The molecule has 0 bridgehead atoms. The van der Waals surface area contributed by atoms with E-state index in [9.17, 15) is 43.2 Å². The van der Waals surface area contributed by atoms with E-state index < -0.39 is 17.4 Å². The first kappa shape index (κ1) is 94.0. The molecule has 3 N–H and O–H groups in total. The number of ketones is 1. The van der Waals surface area contributed by atoms with Gasteiger partial charge in [0.25, 0.3) is 0 Å². The number of nitrogen functional groups attached to an aromatic ring is 1. The lowest BCUT2D eigenvalue weighted by atomic mass is 9.78. The van der Waals surface area contributed by atoms with E-state index in [-0.39, 0.29) is 53.8 Å². The zero-order valence-electron chi connectivity index (χ0n) is 67.5. The predicted octanol–water partition coefficient (Wildman–Crippen LogP) is 18.5. The first-order valence-corrected chi connectivity index (χ1v) is 37.0. The quantitative estimate of drug-likeness (QED) is 0.0215. The molecule has 0 amide bonds. The minimum atomic E-state index is -1.06. The molecule has 16 nitrogen and oxygen atoms in total. The van der Waals surface area contributed by atoms with Crippen LogP contribution in [-0.2, 0) is 93.1 Å². The number of nitrogens with two attached hydrogens (primary N) is 1. The number of rotatable bonds is 17. The number of carbonyl (C=O) groups excluding carboxylic acids is 8. The Bertz CT molecular complexity index is 4340. The molecule has 108 heavy (non-hydrogen) atoms. The molecular weight excluding hydrogens is 1430 g/mol. The number of esters is 5. The third kappa shape index (κ3) is 31.0. The van der Waals surface area contributed by atoms with Crippen LogP contribution in [-0.4, -0.2) is 94.8 Å². The van der Waals surface area contributed by atoms with Gasteiger partial charge in [-0.2, -0.15) is 0 Å². The number of aliphatic carboxylic acids is 1. The second-order valence-corrected chi connectivity index (χ2v) is 28.0. The Morgan fingerprint density at radius 2 is 0.824 bits per heavy atom. The molecule has 1 saturated carbocycles. The number of methoxy groups -OCH3 is 5. The summed E-state index contributed by atoms with van der Waals surface area (Å²) in [6, 6.07) is 47.7. The molecule has 0 radical (unpaired) electrons. The van der Waals surface area contributed by atoms with Crippen molar-refractivity contribution in [1.29, 1.82) is 0 Å². The summed E-state index contributed by atoms with van der Waals surface area (Å²) in [4.78, 5) is 101. The van der Waals surface area contributed by atoms with E-state index in [4.69, 9.17) is 29.8 Å². The van der Waals surface area contributed by atoms with Gasteiger partial charge in [0.2, 0.25) is 0 Å². The number of aryl methyl sites for hydroxylation is 14. The third-order valence-corrected chi connectivity index (χ3v) is 19.3. The number of ether oxygens (including phenoxy) is 5. The number of halogens is 1. The molecule has 17 heteroatoms. The SMILES string of the molecule is COC(=O)C(C)c1ccc(C)cc1C.COC(=O)C(C)c1ccc(CBr)cc1C.COC(=O)C(C)c1ccc(CC2(C(=O)OC)CCCC2=O)cc1C.COC(=O)Cc1ccc(C)cc1C.Cc1ccc(C=O)c(C)c1.Cc1ccc(CC(=O)O)c(C)c1.Cc1ccc(CC=O)c(C)c1.Cc1ccc(N)c(C)c1. The number of aldehydes is 2. The molecule has 1 fully saturated rings. The zero-order chi connectivity index (χ0) is 81.7. The van der Waals surface area contributed by atoms with Crippen molar-refractivity contribution in [2.24, 2.45) is 5.41 Å². The number of carbonyl (C=O) groups is 9. The predicted molar refractivity (Wildman–Crippen MR) is 435 cm³/mol. The first-order valence-electron chi connectivity index (χ1n) is 35.8. The maximum absolute atomic E-state index is 12.3. The minimum Gasteiger partial charge on any atom is -0.481 e. The average molecular weight is 1540 g/mol. The lowest BCUT2D eigenvalue weighted by Crippen LogP contribution is -2.38. The fourth-order valence-electron chi connectivity index (χ4n) is 12.2. The van der Waals surface area contributed by atoms with E-state index >= 15 is 0 Å². The molecule has 4 atom stereocenters. The second-order valence-electron chi connectivity index (χ2n) is 27.5. The Morgan fingerprint density at radius 1 is 0.454 bits per heavy atom. The molecule has 8 aromatic carbocycles. The van der Waals surface area contributed by atoms with Crippen molar-refractivity contribution in [1.82, 2.24) is 0 Å². The van der Waals surface area contributed by atoms with E-state index in [1.54, 1.807) is 6.92 Å². The Balaban J connectivity index is 0.000000427. The van der Waals surface area contributed by atoms with Crippen molar-refractivity contribution in [3.05, 3.63) is 274 Å². The molecule has 0 aromatic heterocycles. The van der Waals surface area contributed by atoms with Gasteiger partial charge in [-0.15, -0.1) is 0 Å². The fourth-order valence-corrected chi connectivity index (χ4v) is 12.6. The normalized spacial score (nSPS) is 13.0. The van der Waals surface area contributed by atoms with Crippen LogP contribution in [0.3, 0.4) is 0 Å². The smallest absolute Gasteiger partial charge is 0.319 e. The Kier molecular flexibility index (Phi) is 41.3. The van der Waals surface area contributed by atoms with Crippen molar-refractivity contribution in [3.8, 4) is 0 Å². The lowest BCUT2D eigenvalue weighted by Gasteiger charge is -2.25. The topological polar surface area (TPSA) is 246 Å². The van der Waals surface area contributed by atoms with Gasteiger partial charge >= 0.3 is 35.8 Å². The monoisotopic (exact) mass is 1540 g/mol. The molecule has 0 aliphatic heterocycles. The lowest BCUT2D eigenvalue weighted by molar-refractivity contribution is -0.156. The van der Waals surface area contributed by atoms with Gasteiger partial charge < -0.3 is 39.3 Å². The number of anilines is 1. The van der Waals surface area contributed by atoms with Gasteiger partial charge in [0.15, 0.2) is 5.78 Å². The van der Waals surface area contributed by atoms with Gasteiger partial charge in [-0.25, -0.2) is 0 Å². The summed E-state index contributed by atoms with van der Waals surface area (Å²) in [5.41, 5.74) is 30.5. The Labute approximate surface area is 650 Å². The van der Waals surface area contributed by atoms with Crippen LogP contribution < -0.4 is 5.73 Å². The number of carboxylic acid groups (broad SMARTS) is 1. The molecule has 9 rings (SSSR count). The van der Waals surface area contributed by atoms with Crippen LogP contribution in [0.15, 0.2) is 146 Å². The van der Waals surface area contributed by atoms with Crippen molar-refractivity contribution in [3.63, 3.8) is 0 Å². The van der Waals surface area contributed by atoms with Crippen molar-refractivity contribution >= 4 is 75.8 Å². The summed E-state index contributed by atoms with van der Waals surface area (Å²) in [5.74, 6) is -2.85. The highest BCUT2D eigenvalue weighted by Gasteiger charge is 2.49. The summed E-state index contributed by atoms with van der Waals surface area (Å²) in [6.45, 7) is 33.6. The molecule has 0 heterocycles. The maximum Gasteiger partial charge on any atom is 0.319 e. The molecule has 4 unspecified atom stereocenters. The molecule has 0 saturated heterocycles. The first-order chi connectivity index (χ1) is 50.9. The van der Waals surface area contributed by atoms with Gasteiger partial charge in [-0.1, -0.05) is 189 Å². The van der Waals surface area contributed by atoms with E-state index in [2.05, 4.69) is 64.8 Å². The molecule has 0 spiro atoms. The summed E-state index contributed by atoms with van der Waals surface area (Å²) in [6.07, 6.45) is 4.84. The number of Topliss-reactive ketones (excluding diaryl/α,β-unsaturated/α-hetero) is 1. The second kappa shape index (κ2) is 47.5. The molecular formula is C91H114BrNO15. The van der Waals surface area contributed by atoms with Crippen molar-refractivity contribution < 1.29 is 71.9 Å². The van der Waals surface area contributed by atoms with Gasteiger partial charge in [0.1, 0.15) is 18.0 Å². The van der Waals surface area contributed by atoms with Crippen LogP contribution in [0.25, 0.3) is 0 Å². The van der Waals surface area contributed by atoms with Crippen LogP contribution in [0.5, 0.6) is 0 Å². The Hall–Kier alpha value is -10.1. The molecule has 580 valence electrons. The summed E-state index contributed by atoms with van der Waals surface area (Å²) >= 11 is 3.40. The zero-order valence-corrected chi connectivity index (χ0v) is 69.1. The number of benzene rings is 8. The fraction of sp³-hybridized carbons (Fsp3) is 0.374.